The van der Waals surface area contributed by atoms with Gasteiger partial charge in [-0.3, -0.25) is 4.84 Å². The highest BCUT2D eigenvalue weighted by Gasteiger charge is 2.50. The second kappa shape index (κ2) is 24.2. The van der Waals surface area contributed by atoms with Crippen molar-refractivity contribution >= 4 is 73.8 Å². The summed E-state index contributed by atoms with van der Waals surface area (Å²) in [5.74, 6) is -0.761. The van der Waals surface area contributed by atoms with Gasteiger partial charge in [-0.2, -0.15) is 25.3 Å². The molecule has 1 N–H and O–H groups in total. The number of urea groups is 1. The summed E-state index contributed by atoms with van der Waals surface area (Å²) in [4.78, 5) is 47.1. The molecule has 4 aromatic carbocycles. The lowest BCUT2D eigenvalue weighted by molar-refractivity contribution is -0.0805. The number of thioether (sulfide) groups is 1. The van der Waals surface area contributed by atoms with Gasteiger partial charge < -0.3 is 29.5 Å². The van der Waals surface area contributed by atoms with E-state index in [0.29, 0.717) is 49.1 Å². The van der Waals surface area contributed by atoms with E-state index in [-0.39, 0.29) is 72.8 Å². The number of halogens is 4. The summed E-state index contributed by atoms with van der Waals surface area (Å²) in [6, 6.07) is 25.2. The zero-order valence-corrected chi connectivity index (χ0v) is 44.6. The number of anilines is 2. The number of fused-ring (bicyclic) bond motifs is 2. The Morgan fingerprint density at radius 1 is 1.03 bits per heavy atom. The molecule has 3 unspecified atom stereocenters. The van der Waals surface area contributed by atoms with Gasteiger partial charge in [-0.05, 0) is 87.0 Å². The fourth-order valence-electron chi connectivity index (χ4n) is 10.1. The van der Waals surface area contributed by atoms with Crippen LogP contribution in [0.5, 0.6) is 6.01 Å². The Labute approximate surface area is 450 Å². The zero-order valence-electron chi connectivity index (χ0n) is 42.2. The number of nitrogens with one attached hydrogen (secondary N) is 1. The number of alkyl carbamates (subject to hydrolysis) is 1. The van der Waals surface area contributed by atoms with Crippen LogP contribution in [0.15, 0.2) is 101 Å². The average Bonchev–Trinajstić information content (AvgIpc) is 4.06. The van der Waals surface area contributed by atoms with Gasteiger partial charge in [0.15, 0.2) is 0 Å². The van der Waals surface area contributed by atoms with Crippen molar-refractivity contribution in [3.05, 3.63) is 135 Å². The van der Waals surface area contributed by atoms with Crippen LogP contribution in [0.2, 0.25) is 5.02 Å². The van der Waals surface area contributed by atoms with Crippen molar-refractivity contribution in [2.45, 2.75) is 62.0 Å². The number of hydrogen-bond donors (Lipinski definition) is 1. The Morgan fingerprint density at radius 3 is 2.58 bits per heavy atom. The Balaban J connectivity index is 0.859. The molecule has 4 aliphatic heterocycles. The largest absolute Gasteiger partial charge is 0.462 e. The first-order valence-electron chi connectivity index (χ1n) is 24.9. The summed E-state index contributed by atoms with van der Waals surface area (Å²) >= 11 is 7.83. The van der Waals surface area contributed by atoms with Crippen LogP contribution in [-0.2, 0) is 38.4 Å². The molecular formula is C53H57ClF3N11O6S2. The topological polar surface area (TPSA) is 172 Å². The van der Waals surface area contributed by atoms with Crippen molar-refractivity contribution in [2.24, 2.45) is 5.10 Å². The molecule has 5 aromatic rings. The highest BCUT2D eigenvalue weighted by atomic mass is 35.5. The third kappa shape index (κ3) is 11.6. The van der Waals surface area contributed by atoms with Crippen molar-refractivity contribution < 1.29 is 41.3 Å². The number of likely N-dealkylation sites (tertiary alicyclic amines) is 1. The number of carbonyl (C=O) groups excluding carboxylic acids is 2. The van der Waals surface area contributed by atoms with E-state index in [1.54, 1.807) is 34.6 Å². The van der Waals surface area contributed by atoms with E-state index in [9.17, 15) is 27.8 Å². The molecule has 400 valence electrons. The number of hydrazone groups is 1. The van der Waals surface area contributed by atoms with Crippen LogP contribution in [0, 0.1) is 23.0 Å². The summed E-state index contributed by atoms with van der Waals surface area (Å²) in [6.45, 7) is 2.57. The molecule has 5 heterocycles. The number of aromatic nitrogens is 2. The maximum atomic E-state index is 15.2. The molecule has 0 saturated carbocycles. The normalized spacial score (nSPS) is 20.5. The number of ether oxygens (including phenoxy) is 2. The maximum absolute atomic E-state index is 15.2. The lowest BCUT2D eigenvalue weighted by Gasteiger charge is -2.41. The van der Waals surface area contributed by atoms with Crippen LogP contribution >= 0.6 is 23.4 Å². The van der Waals surface area contributed by atoms with Crippen LogP contribution < -0.4 is 19.9 Å². The average molecular weight is 1100 g/mol. The van der Waals surface area contributed by atoms with Gasteiger partial charge in [0.2, 0.25) is 0 Å². The Morgan fingerprint density at radius 2 is 1.83 bits per heavy atom. The summed E-state index contributed by atoms with van der Waals surface area (Å²) in [5.41, 5.74) is 3.21. The molecule has 0 bridgehead atoms. The summed E-state index contributed by atoms with van der Waals surface area (Å²) < 4.78 is 71.8. The van der Waals surface area contributed by atoms with E-state index in [2.05, 4.69) is 44.3 Å². The molecule has 2 saturated heterocycles. The number of nitrogens with zero attached hydrogens (tertiary/aromatic N) is 10. The van der Waals surface area contributed by atoms with Crippen molar-refractivity contribution in [1.82, 2.24) is 34.6 Å². The Hall–Kier alpha value is -6.48. The molecule has 23 heteroatoms. The fourth-order valence-corrected chi connectivity index (χ4v) is 13.0. The Kier molecular flexibility index (Phi) is 17.3. The van der Waals surface area contributed by atoms with Crippen LogP contribution in [0.3, 0.4) is 0 Å². The van der Waals surface area contributed by atoms with E-state index < -0.39 is 52.3 Å². The monoisotopic (exact) mass is 1100 g/mol. The van der Waals surface area contributed by atoms with Gasteiger partial charge in [-0.1, -0.05) is 78.0 Å². The highest BCUT2D eigenvalue weighted by Crippen LogP contribution is 2.51. The fraction of sp³-hybridized carbons (Fsp3) is 0.396. The maximum Gasteiger partial charge on any atom is 0.407 e. The molecule has 0 spiro atoms. The molecule has 4 aliphatic rings. The van der Waals surface area contributed by atoms with E-state index in [1.165, 1.54) is 14.2 Å². The quantitative estimate of drug-likeness (QED) is 0.0692. The predicted octanol–water partition coefficient (Wildman–Crippen LogP) is 8.86. The van der Waals surface area contributed by atoms with Crippen molar-refractivity contribution in [3.8, 4) is 12.1 Å². The van der Waals surface area contributed by atoms with Gasteiger partial charge in [-0.25, -0.2) is 36.3 Å². The number of hydroxylamine groups is 2. The minimum absolute atomic E-state index is 0.00355. The molecule has 2 fully saturated rings. The predicted molar refractivity (Wildman–Crippen MR) is 286 cm³/mol. The van der Waals surface area contributed by atoms with Gasteiger partial charge in [0.25, 0.3) is 0 Å². The highest BCUT2D eigenvalue weighted by molar-refractivity contribution is 8.15. The summed E-state index contributed by atoms with van der Waals surface area (Å²) in [5, 5.41) is 22.0. The SMILES string of the molecule is CON(C)C(=O)N1N=C(c2cc(F)ccc2F)S[C@@]1(CCCNC(=O)OC/C(=C\F)S(=O)N1CCN(c2nc(OCC3CCCN3C)nc3c2CCN(c2cccc4cccc(Cl)c24)C3)CC1CC#N)c1ccccc1. The van der Waals surface area contributed by atoms with Crippen LogP contribution in [0.4, 0.5) is 34.3 Å². The van der Waals surface area contributed by atoms with E-state index in [0.717, 1.165) is 87.1 Å². The van der Waals surface area contributed by atoms with E-state index in [4.69, 9.17) is 35.9 Å². The van der Waals surface area contributed by atoms with Crippen molar-refractivity contribution in [1.29, 1.82) is 5.26 Å². The number of likely N-dealkylation sites (N-methyl/N-ethyl adjacent to an activating group) is 1. The number of carbonyl (C=O) groups is 2. The minimum Gasteiger partial charge on any atom is -0.462 e. The minimum atomic E-state index is -2.15. The smallest absolute Gasteiger partial charge is 0.407 e. The third-order valence-electron chi connectivity index (χ3n) is 14.1. The van der Waals surface area contributed by atoms with Gasteiger partial charge in [0.05, 0.1) is 47.8 Å². The van der Waals surface area contributed by atoms with Gasteiger partial charge in [0, 0.05) is 68.0 Å². The molecule has 0 radical (unpaired) electrons. The van der Waals surface area contributed by atoms with E-state index in [1.807, 2.05) is 30.3 Å². The molecule has 17 nitrogen and oxygen atoms in total. The number of nitriles is 1. The molecule has 1 aromatic heterocycles. The first-order valence-corrected chi connectivity index (χ1v) is 27.2. The third-order valence-corrected chi connectivity index (χ3v) is 17.4. The molecule has 9 rings (SSSR count). The van der Waals surface area contributed by atoms with Crippen LogP contribution in [0.1, 0.15) is 54.5 Å². The van der Waals surface area contributed by atoms with Gasteiger partial charge >= 0.3 is 18.1 Å². The zero-order chi connectivity index (χ0) is 53.5. The van der Waals surface area contributed by atoms with Gasteiger partial charge in [0.1, 0.15) is 57.9 Å². The second-order valence-corrected chi connectivity index (χ2v) is 21.9. The molecule has 0 aliphatic carbocycles. The first kappa shape index (κ1) is 54.3. The number of piperazine rings is 1. The van der Waals surface area contributed by atoms with Gasteiger partial charge in [-0.15, -0.1) is 0 Å². The summed E-state index contributed by atoms with van der Waals surface area (Å²) in [7, 11) is 2.62. The van der Waals surface area contributed by atoms with Crippen molar-refractivity contribution in [2.75, 3.05) is 83.5 Å². The van der Waals surface area contributed by atoms with Crippen LogP contribution in [-0.4, -0.2) is 136 Å². The number of hydrogen-bond acceptors (Lipinski definition) is 14. The number of amides is 3. The molecule has 4 atom stereocenters. The lowest BCUT2D eigenvalue weighted by atomic mass is 10.0. The molecular weight excluding hydrogens is 1040 g/mol. The standard InChI is InChI=1S/C53H57ClF3N11O6S2/c1-63-25-9-15-39(63)33-73-50-60-45-32-65(46-17-8-12-35-11-7-16-43(54)47(35)46)26-21-41(45)48(61-50)66-27-28-67(38(31-66)20-23-58)76(71)40(30-55)34-74-51(69)59-24-10-22-53(36-13-5-4-6-14-36)68(52(70)64(2)72-3)62-49(75-53)42-29-37(56)18-19-44(42)57/h4-8,11-14,16-19,29-30,38-39H,9-10,15,20-22,24-28,31-34H2,1-3H3,(H,59,69)/b40-30+/t38?,39?,53-,76?/m0/s1. The summed E-state index contributed by atoms with van der Waals surface area (Å²) in [6.07, 6.45) is 2.22. The Bertz CT molecular complexity index is 3080. The molecule has 76 heavy (non-hydrogen) atoms. The number of benzene rings is 4. The second-order valence-electron chi connectivity index (χ2n) is 18.7. The first-order chi connectivity index (χ1) is 36.8. The lowest BCUT2D eigenvalue weighted by Crippen LogP contribution is -2.54. The molecule has 3 amide bonds. The van der Waals surface area contributed by atoms with E-state index >= 15 is 4.39 Å². The van der Waals surface area contributed by atoms with Crippen LogP contribution in [0.25, 0.3) is 10.8 Å². The number of rotatable bonds is 17. The van der Waals surface area contributed by atoms with Crippen molar-refractivity contribution in [3.63, 3.8) is 0 Å².